The fourth-order valence-electron chi connectivity index (χ4n) is 2.16. The maximum atomic E-state index is 13.1. The average molecular weight is 258 g/mol. The smallest absolute Gasteiger partial charge is 0.128 e. The third-order valence-electron chi connectivity index (χ3n) is 3.03. The van der Waals surface area contributed by atoms with Gasteiger partial charge in [0.05, 0.1) is 0 Å². The fraction of sp³-hybridized carbons (Fsp3) is 0.0667. The van der Waals surface area contributed by atoms with E-state index in [1.54, 1.807) is 0 Å². The highest BCUT2D eigenvalue weighted by Gasteiger charge is 2.03. The Balaban J connectivity index is 1.84. The molecule has 4 heteroatoms. The SMILES string of the molecule is Fc1cc(F)cc(NCc2cccc3[nH]ccc23)c1. The second-order valence-electron chi connectivity index (χ2n) is 4.37. The summed E-state index contributed by atoms with van der Waals surface area (Å²) in [6.45, 7) is 0.512. The summed E-state index contributed by atoms with van der Waals surface area (Å²) >= 11 is 0. The van der Waals surface area contributed by atoms with Gasteiger partial charge in [0, 0.05) is 35.4 Å². The summed E-state index contributed by atoms with van der Waals surface area (Å²) in [6.07, 6.45) is 1.87. The Morgan fingerprint density at radius 1 is 1.00 bits per heavy atom. The van der Waals surface area contributed by atoms with Crippen LogP contribution in [0.2, 0.25) is 0 Å². The maximum Gasteiger partial charge on any atom is 0.128 e. The molecule has 0 unspecified atom stereocenters. The van der Waals surface area contributed by atoms with Crippen LogP contribution in [0.25, 0.3) is 10.9 Å². The molecule has 0 saturated heterocycles. The Labute approximate surface area is 109 Å². The first-order valence-electron chi connectivity index (χ1n) is 5.97. The van der Waals surface area contributed by atoms with Gasteiger partial charge in [0.2, 0.25) is 0 Å². The number of benzene rings is 2. The molecule has 3 rings (SSSR count). The number of halogens is 2. The molecule has 0 spiro atoms. The minimum absolute atomic E-state index is 0.435. The number of H-pyrrole nitrogens is 1. The number of aromatic nitrogens is 1. The van der Waals surface area contributed by atoms with E-state index in [9.17, 15) is 8.78 Å². The zero-order valence-corrected chi connectivity index (χ0v) is 10.1. The van der Waals surface area contributed by atoms with Crippen LogP contribution in [0, 0.1) is 11.6 Å². The number of fused-ring (bicyclic) bond motifs is 1. The number of hydrogen-bond donors (Lipinski definition) is 2. The van der Waals surface area contributed by atoms with Crippen molar-refractivity contribution in [1.29, 1.82) is 0 Å². The lowest BCUT2D eigenvalue weighted by Crippen LogP contribution is -2.00. The zero-order valence-electron chi connectivity index (χ0n) is 10.1. The monoisotopic (exact) mass is 258 g/mol. The van der Waals surface area contributed by atoms with Gasteiger partial charge < -0.3 is 10.3 Å². The molecule has 2 nitrogen and oxygen atoms in total. The Hall–Kier alpha value is -2.36. The van der Waals surface area contributed by atoms with Crippen LogP contribution in [0.15, 0.2) is 48.7 Å². The van der Waals surface area contributed by atoms with Crippen molar-refractivity contribution in [2.45, 2.75) is 6.54 Å². The van der Waals surface area contributed by atoms with Crippen molar-refractivity contribution >= 4 is 16.6 Å². The van der Waals surface area contributed by atoms with Gasteiger partial charge in [-0.05, 0) is 29.8 Å². The summed E-state index contributed by atoms with van der Waals surface area (Å²) in [7, 11) is 0. The molecule has 96 valence electrons. The molecule has 0 aliphatic heterocycles. The molecule has 19 heavy (non-hydrogen) atoms. The van der Waals surface area contributed by atoms with E-state index in [2.05, 4.69) is 10.3 Å². The molecule has 0 amide bonds. The van der Waals surface area contributed by atoms with E-state index in [0.717, 1.165) is 22.5 Å². The molecule has 0 bridgehead atoms. The first kappa shape index (κ1) is 11.7. The number of aromatic amines is 1. The Bertz CT molecular complexity index is 699. The predicted molar refractivity (Wildman–Crippen MR) is 72.0 cm³/mol. The molecule has 1 heterocycles. The van der Waals surface area contributed by atoms with E-state index < -0.39 is 11.6 Å². The van der Waals surface area contributed by atoms with Gasteiger partial charge in [-0.25, -0.2) is 8.78 Å². The van der Waals surface area contributed by atoms with E-state index in [-0.39, 0.29) is 0 Å². The summed E-state index contributed by atoms with van der Waals surface area (Å²) in [6, 6.07) is 11.3. The lowest BCUT2D eigenvalue weighted by Gasteiger charge is -2.08. The van der Waals surface area contributed by atoms with Crippen molar-refractivity contribution in [3.8, 4) is 0 Å². The Morgan fingerprint density at radius 2 is 1.79 bits per heavy atom. The van der Waals surface area contributed by atoms with Crippen LogP contribution in [0.3, 0.4) is 0 Å². The minimum atomic E-state index is -0.581. The first-order valence-corrected chi connectivity index (χ1v) is 5.97. The van der Waals surface area contributed by atoms with E-state index in [1.165, 1.54) is 12.1 Å². The summed E-state index contributed by atoms with van der Waals surface area (Å²) in [5, 5.41) is 4.13. The van der Waals surface area contributed by atoms with Gasteiger partial charge in [0.15, 0.2) is 0 Å². The van der Waals surface area contributed by atoms with Crippen LogP contribution in [0.5, 0.6) is 0 Å². The van der Waals surface area contributed by atoms with Gasteiger partial charge in [0.1, 0.15) is 11.6 Å². The molecule has 0 atom stereocenters. The molecule has 2 aromatic carbocycles. The van der Waals surface area contributed by atoms with Gasteiger partial charge in [-0.1, -0.05) is 12.1 Å². The van der Waals surface area contributed by atoms with Crippen molar-refractivity contribution in [2.75, 3.05) is 5.32 Å². The summed E-state index contributed by atoms with van der Waals surface area (Å²) < 4.78 is 26.1. The van der Waals surface area contributed by atoms with E-state index in [4.69, 9.17) is 0 Å². The average Bonchev–Trinajstić information content (AvgIpc) is 2.83. The van der Waals surface area contributed by atoms with Crippen LogP contribution >= 0.6 is 0 Å². The van der Waals surface area contributed by atoms with E-state index in [0.29, 0.717) is 12.2 Å². The summed E-state index contributed by atoms with van der Waals surface area (Å²) in [4.78, 5) is 3.13. The van der Waals surface area contributed by atoms with Crippen LogP contribution in [0.1, 0.15) is 5.56 Å². The van der Waals surface area contributed by atoms with Crippen LogP contribution in [-0.2, 0) is 6.54 Å². The predicted octanol–water partition coefficient (Wildman–Crippen LogP) is 4.06. The van der Waals surface area contributed by atoms with Crippen molar-refractivity contribution in [3.63, 3.8) is 0 Å². The highest BCUT2D eigenvalue weighted by molar-refractivity contribution is 5.83. The van der Waals surface area contributed by atoms with Crippen molar-refractivity contribution in [2.24, 2.45) is 0 Å². The largest absolute Gasteiger partial charge is 0.381 e. The lowest BCUT2D eigenvalue weighted by molar-refractivity contribution is 0.584. The minimum Gasteiger partial charge on any atom is -0.381 e. The van der Waals surface area contributed by atoms with Crippen molar-refractivity contribution in [1.82, 2.24) is 4.98 Å². The van der Waals surface area contributed by atoms with Gasteiger partial charge in [-0.3, -0.25) is 0 Å². The highest BCUT2D eigenvalue weighted by Crippen LogP contribution is 2.19. The molecule has 0 saturated carbocycles. The fourth-order valence-corrected chi connectivity index (χ4v) is 2.16. The molecule has 1 aromatic heterocycles. The lowest BCUT2D eigenvalue weighted by atomic mass is 10.1. The molecule has 0 radical (unpaired) electrons. The topological polar surface area (TPSA) is 27.8 Å². The van der Waals surface area contributed by atoms with Crippen LogP contribution < -0.4 is 5.32 Å². The number of nitrogens with one attached hydrogen (secondary N) is 2. The Kier molecular flexibility index (Phi) is 2.91. The second-order valence-corrected chi connectivity index (χ2v) is 4.37. The molecule has 0 fully saturated rings. The molecule has 3 aromatic rings. The maximum absolute atomic E-state index is 13.1. The summed E-state index contributed by atoms with van der Waals surface area (Å²) in [5.41, 5.74) is 2.55. The number of anilines is 1. The molecule has 0 aliphatic rings. The van der Waals surface area contributed by atoms with Crippen LogP contribution in [-0.4, -0.2) is 4.98 Å². The van der Waals surface area contributed by atoms with E-state index >= 15 is 0 Å². The van der Waals surface area contributed by atoms with Gasteiger partial charge in [-0.15, -0.1) is 0 Å². The number of rotatable bonds is 3. The van der Waals surface area contributed by atoms with Gasteiger partial charge >= 0.3 is 0 Å². The molecular formula is C15H12F2N2. The van der Waals surface area contributed by atoms with Crippen molar-refractivity contribution in [3.05, 3.63) is 65.9 Å². The zero-order chi connectivity index (χ0) is 13.2. The normalized spacial score (nSPS) is 10.8. The van der Waals surface area contributed by atoms with Crippen molar-refractivity contribution < 1.29 is 8.78 Å². The second kappa shape index (κ2) is 4.72. The highest BCUT2D eigenvalue weighted by atomic mass is 19.1. The number of hydrogen-bond acceptors (Lipinski definition) is 1. The summed E-state index contributed by atoms with van der Waals surface area (Å²) in [5.74, 6) is -1.16. The van der Waals surface area contributed by atoms with Gasteiger partial charge in [-0.2, -0.15) is 0 Å². The quantitative estimate of drug-likeness (QED) is 0.728. The van der Waals surface area contributed by atoms with E-state index in [1.807, 2.05) is 30.5 Å². The first-order chi connectivity index (χ1) is 9.22. The standard InChI is InChI=1S/C15H12F2N2/c16-11-6-12(17)8-13(7-11)19-9-10-2-1-3-15-14(10)4-5-18-15/h1-8,18-19H,9H2. The van der Waals surface area contributed by atoms with Crippen LogP contribution in [0.4, 0.5) is 14.5 Å². The molecule has 0 aliphatic carbocycles. The third-order valence-corrected chi connectivity index (χ3v) is 3.03. The van der Waals surface area contributed by atoms with Gasteiger partial charge in [0.25, 0.3) is 0 Å². The molecule has 2 N–H and O–H groups in total. The third kappa shape index (κ3) is 2.42. The Morgan fingerprint density at radius 3 is 2.58 bits per heavy atom. The molecular weight excluding hydrogens is 246 g/mol.